The number of hydrogen-bond donors (Lipinski definition) is 2. The number of imidazole rings is 1. The minimum atomic E-state index is -0.127. The van der Waals surface area contributed by atoms with Gasteiger partial charge in [0.15, 0.2) is 11.5 Å². The fourth-order valence-corrected chi connectivity index (χ4v) is 4.22. The number of benzene rings is 1. The molecule has 9 nitrogen and oxygen atoms in total. The predicted molar refractivity (Wildman–Crippen MR) is 129 cm³/mol. The SMILES string of the molecule is CC(C)n1c(=O)c2cnc(Nc3ccc4c(c3)CCNC4)nc2n1-c1cn(C(C)(C)C)cn1. The molecule has 9 heteroatoms. The lowest BCUT2D eigenvalue weighted by Gasteiger charge is -2.20. The first-order valence-corrected chi connectivity index (χ1v) is 11.4. The molecule has 0 aliphatic carbocycles. The highest BCUT2D eigenvalue weighted by molar-refractivity contribution is 5.77. The number of nitrogens with zero attached hydrogens (tertiary/aromatic N) is 6. The topological polar surface area (TPSA) is 94.6 Å². The first-order chi connectivity index (χ1) is 15.7. The highest BCUT2D eigenvalue weighted by Crippen LogP contribution is 2.24. The molecule has 0 spiro atoms. The molecule has 5 rings (SSSR count). The maximum Gasteiger partial charge on any atom is 0.278 e. The molecule has 0 radical (unpaired) electrons. The highest BCUT2D eigenvalue weighted by atomic mass is 16.1. The van der Waals surface area contributed by atoms with Gasteiger partial charge in [-0.3, -0.25) is 4.79 Å². The Labute approximate surface area is 192 Å². The van der Waals surface area contributed by atoms with Gasteiger partial charge in [0.05, 0.1) is 12.5 Å². The summed E-state index contributed by atoms with van der Waals surface area (Å²) >= 11 is 0. The summed E-state index contributed by atoms with van der Waals surface area (Å²) in [5, 5.41) is 7.18. The van der Waals surface area contributed by atoms with Gasteiger partial charge in [-0.2, -0.15) is 4.98 Å². The van der Waals surface area contributed by atoms with E-state index >= 15 is 0 Å². The van der Waals surface area contributed by atoms with Crippen molar-refractivity contribution in [2.45, 2.75) is 59.2 Å². The first kappa shape index (κ1) is 21.4. The average Bonchev–Trinajstić information content (AvgIpc) is 3.37. The maximum absolute atomic E-state index is 13.2. The zero-order chi connectivity index (χ0) is 23.3. The Balaban J connectivity index is 1.61. The van der Waals surface area contributed by atoms with Crippen LogP contribution in [-0.4, -0.2) is 35.4 Å². The Morgan fingerprint density at radius 3 is 2.70 bits per heavy atom. The number of fused-ring (bicyclic) bond motifs is 2. The van der Waals surface area contributed by atoms with Gasteiger partial charge in [-0.1, -0.05) is 6.07 Å². The molecule has 4 aromatic rings. The van der Waals surface area contributed by atoms with Crippen LogP contribution in [0.1, 0.15) is 51.8 Å². The van der Waals surface area contributed by atoms with Crippen molar-refractivity contribution in [2.75, 3.05) is 11.9 Å². The van der Waals surface area contributed by atoms with Crippen LogP contribution >= 0.6 is 0 Å². The number of aromatic nitrogens is 6. The Morgan fingerprint density at radius 1 is 1.15 bits per heavy atom. The van der Waals surface area contributed by atoms with Crippen LogP contribution in [0, 0.1) is 0 Å². The van der Waals surface area contributed by atoms with Crippen LogP contribution in [0.5, 0.6) is 0 Å². The summed E-state index contributed by atoms with van der Waals surface area (Å²) in [6.45, 7) is 12.2. The third-order valence-electron chi connectivity index (χ3n) is 6.02. The largest absolute Gasteiger partial charge is 0.330 e. The minimum Gasteiger partial charge on any atom is -0.330 e. The van der Waals surface area contributed by atoms with E-state index in [1.165, 1.54) is 11.1 Å². The fourth-order valence-electron chi connectivity index (χ4n) is 4.22. The number of nitrogens with one attached hydrogen (secondary N) is 2. The van der Waals surface area contributed by atoms with E-state index in [1.807, 2.05) is 30.7 Å². The molecule has 0 bridgehead atoms. The summed E-state index contributed by atoms with van der Waals surface area (Å²) in [4.78, 5) is 27.0. The Bertz CT molecular complexity index is 1390. The molecule has 0 fully saturated rings. The standard InChI is InChI=1S/C24H30N8O/c1-15(2)31-22(33)19-12-26-23(28-18-7-6-17-11-25-9-8-16(17)10-18)29-21(19)32(31)20-13-30(14-27-20)24(3,4)5/h6-7,10,12-15,25H,8-9,11H2,1-5H3,(H,26,28,29). The van der Waals surface area contributed by atoms with Gasteiger partial charge in [0.1, 0.15) is 5.39 Å². The maximum atomic E-state index is 13.2. The second kappa shape index (κ2) is 7.84. The summed E-state index contributed by atoms with van der Waals surface area (Å²) in [5.74, 6) is 1.10. The van der Waals surface area contributed by atoms with Gasteiger partial charge in [0, 0.05) is 30.0 Å². The van der Waals surface area contributed by atoms with Crippen molar-refractivity contribution < 1.29 is 0 Å². The molecule has 3 aromatic heterocycles. The highest BCUT2D eigenvalue weighted by Gasteiger charge is 2.22. The zero-order valence-electron chi connectivity index (χ0n) is 19.8. The molecule has 4 heterocycles. The molecule has 0 amide bonds. The third kappa shape index (κ3) is 3.82. The smallest absolute Gasteiger partial charge is 0.278 e. The summed E-state index contributed by atoms with van der Waals surface area (Å²) < 4.78 is 5.52. The summed E-state index contributed by atoms with van der Waals surface area (Å²) in [5.41, 5.74) is 3.87. The van der Waals surface area contributed by atoms with E-state index in [1.54, 1.807) is 21.9 Å². The molecule has 0 atom stereocenters. The van der Waals surface area contributed by atoms with Gasteiger partial charge < -0.3 is 15.2 Å². The number of rotatable bonds is 4. The van der Waals surface area contributed by atoms with Gasteiger partial charge in [-0.25, -0.2) is 19.3 Å². The van der Waals surface area contributed by atoms with Crippen LogP contribution < -0.4 is 16.2 Å². The Morgan fingerprint density at radius 2 is 1.97 bits per heavy atom. The lowest BCUT2D eigenvalue weighted by molar-refractivity contribution is 0.395. The molecule has 172 valence electrons. The summed E-state index contributed by atoms with van der Waals surface area (Å²) in [6.07, 6.45) is 6.34. The quantitative estimate of drug-likeness (QED) is 0.498. The molecule has 0 saturated heterocycles. The van der Waals surface area contributed by atoms with Crippen molar-refractivity contribution in [3.05, 3.63) is 58.4 Å². The van der Waals surface area contributed by atoms with Crippen molar-refractivity contribution in [2.24, 2.45) is 0 Å². The molecular formula is C24H30N8O. The van der Waals surface area contributed by atoms with E-state index in [4.69, 9.17) is 4.98 Å². The zero-order valence-corrected chi connectivity index (χ0v) is 19.8. The van der Waals surface area contributed by atoms with Crippen molar-refractivity contribution in [3.63, 3.8) is 0 Å². The van der Waals surface area contributed by atoms with Gasteiger partial charge in [0.25, 0.3) is 5.56 Å². The van der Waals surface area contributed by atoms with Gasteiger partial charge in [0.2, 0.25) is 5.95 Å². The first-order valence-electron chi connectivity index (χ1n) is 11.4. The van der Waals surface area contributed by atoms with Gasteiger partial charge in [-0.15, -0.1) is 0 Å². The second-order valence-electron chi connectivity index (χ2n) is 9.83. The molecular weight excluding hydrogens is 416 g/mol. The monoisotopic (exact) mass is 446 g/mol. The van der Waals surface area contributed by atoms with Crippen LogP contribution in [0.2, 0.25) is 0 Å². The van der Waals surface area contributed by atoms with Crippen molar-refractivity contribution in [1.29, 1.82) is 0 Å². The van der Waals surface area contributed by atoms with Gasteiger partial charge in [-0.05, 0) is 70.8 Å². The van der Waals surface area contributed by atoms with Crippen LogP contribution in [0.4, 0.5) is 11.6 Å². The van der Waals surface area contributed by atoms with Crippen LogP contribution in [0.15, 0.2) is 41.7 Å². The van der Waals surface area contributed by atoms with Crippen LogP contribution in [-0.2, 0) is 18.5 Å². The molecule has 2 N–H and O–H groups in total. The van der Waals surface area contributed by atoms with Crippen LogP contribution in [0.3, 0.4) is 0 Å². The minimum absolute atomic E-state index is 0.0721. The normalized spacial score (nSPS) is 14.1. The average molecular weight is 447 g/mol. The molecule has 33 heavy (non-hydrogen) atoms. The van der Waals surface area contributed by atoms with Crippen molar-refractivity contribution in [1.82, 2.24) is 34.2 Å². The van der Waals surface area contributed by atoms with E-state index in [2.05, 4.69) is 53.5 Å². The van der Waals surface area contributed by atoms with Crippen LogP contribution in [0.25, 0.3) is 16.9 Å². The number of anilines is 2. The van der Waals surface area contributed by atoms with E-state index in [9.17, 15) is 4.79 Å². The summed E-state index contributed by atoms with van der Waals surface area (Å²) in [6, 6.07) is 6.25. The van der Waals surface area contributed by atoms with E-state index in [-0.39, 0.29) is 17.1 Å². The fraction of sp³-hybridized carbons (Fsp3) is 0.417. The van der Waals surface area contributed by atoms with E-state index in [0.717, 1.165) is 25.2 Å². The van der Waals surface area contributed by atoms with Crippen molar-refractivity contribution in [3.8, 4) is 5.82 Å². The van der Waals surface area contributed by atoms with Gasteiger partial charge >= 0.3 is 0 Å². The predicted octanol–water partition coefficient (Wildman–Crippen LogP) is 3.50. The lowest BCUT2D eigenvalue weighted by Crippen LogP contribution is -2.24. The third-order valence-corrected chi connectivity index (χ3v) is 6.02. The summed E-state index contributed by atoms with van der Waals surface area (Å²) in [7, 11) is 0. The molecule has 1 aromatic carbocycles. The van der Waals surface area contributed by atoms with Crippen molar-refractivity contribution >= 4 is 22.7 Å². The van der Waals surface area contributed by atoms with E-state index < -0.39 is 0 Å². The molecule has 1 aliphatic heterocycles. The molecule has 0 saturated carbocycles. The Hall–Kier alpha value is -3.46. The molecule has 0 unspecified atom stereocenters. The van der Waals surface area contributed by atoms with E-state index in [0.29, 0.717) is 22.8 Å². The second-order valence-corrected chi connectivity index (χ2v) is 9.83. The lowest BCUT2D eigenvalue weighted by atomic mass is 10.0. The Kier molecular flexibility index (Phi) is 5.08. The number of hydrogen-bond acceptors (Lipinski definition) is 6. The molecule has 1 aliphatic rings.